The number of ether oxygens (including phenoxy) is 1. The van der Waals surface area contributed by atoms with E-state index in [2.05, 4.69) is 22.2 Å². The average Bonchev–Trinajstić information content (AvgIpc) is 3.23. The number of hydrogen-bond acceptors (Lipinski definition) is 5. The largest absolute Gasteiger partial charge is 0.469 e. The highest BCUT2D eigenvalue weighted by molar-refractivity contribution is 6.03. The van der Waals surface area contributed by atoms with Crippen LogP contribution in [-0.4, -0.2) is 37.1 Å². The number of benzene rings is 1. The van der Waals surface area contributed by atoms with Crippen LogP contribution < -0.4 is 11.1 Å². The normalized spacial score (nSPS) is 10.7. The Morgan fingerprint density at radius 2 is 1.74 bits per heavy atom. The summed E-state index contributed by atoms with van der Waals surface area (Å²) in [5, 5.41) is 9.61. The Morgan fingerprint density at radius 3 is 2.11 bits per heavy atom. The third-order valence-electron chi connectivity index (χ3n) is 3.15. The minimum atomic E-state index is -0.626. The van der Waals surface area contributed by atoms with E-state index in [1.54, 1.807) is 6.07 Å². The van der Waals surface area contributed by atoms with Crippen LogP contribution in [0, 0.1) is 0 Å². The van der Waals surface area contributed by atoms with Crippen molar-refractivity contribution in [2.45, 2.75) is 46.0 Å². The van der Waals surface area contributed by atoms with E-state index in [1.165, 1.54) is 33.3 Å². The van der Waals surface area contributed by atoms with Gasteiger partial charge < -0.3 is 20.9 Å². The van der Waals surface area contributed by atoms with Crippen LogP contribution in [0.2, 0.25) is 0 Å². The zero-order valence-electron chi connectivity index (χ0n) is 16.7. The van der Waals surface area contributed by atoms with Crippen molar-refractivity contribution in [1.82, 2.24) is 0 Å². The van der Waals surface area contributed by atoms with Gasteiger partial charge in [-0.3, -0.25) is 14.4 Å². The number of hydrogen-bond donors (Lipinski definition) is 3. The number of rotatable bonds is 4. The molecular weight excluding hydrogens is 348 g/mol. The summed E-state index contributed by atoms with van der Waals surface area (Å²) in [5.74, 6) is -1.25. The lowest BCUT2D eigenvalue weighted by molar-refractivity contribution is -0.138. The molecule has 7 nitrogen and oxygen atoms in total. The number of aryl methyl sites for hydroxylation is 1. The van der Waals surface area contributed by atoms with Gasteiger partial charge in [-0.15, -0.1) is 0 Å². The van der Waals surface area contributed by atoms with Crippen LogP contribution in [0.15, 0.2) is 36.4 Å². The molecule has 1 aromatic rings. The standard InChI is InChI=1S/C11H14N2O2.C5H8.C3H6O2.CH4O/c1-2-8-4-3-5-9(6-8)13-11(15)7-10(12)14;1-2-4-5-3-1;1-3(4)5-2;1-2/h3-6H,2,7H2,1H3,(H2,12,14)(H,13,15);1-2H,3-5H2;1-2H3;2H,1H3. The van der Waals surface area contributed by atoms with Crippen LogP contribution in [0.4, 0.5) is 5.69 Å². The highest BCUT2D eigenvalue weighted by Crippen LogP contribution is 2.11. The van der Waals surface area contributed by atoms with E-state index in [-0.39, 0.29) is 18.3 Å². The molecule has 1 aliphatic rings. The van der Waals surface area contributed by atoms with Gasteiger partial charge in [-0.2, -0.15) is 0 Å². The van der Waals surface area contributed by atoms with E-state index in [0.717, 1.165) is 19.1 Å². The second kappa shape index (κ2) is 18.1. The van der Waals surface area contributed by atoms with E-state index >= 15 is 0 Å². The molecule has 1 aromatic carbocycles. The summed E-state index contributed by atoms with van der Waals surface area (Å²) in [6.45, 7) is 3.39. The number of anilines is 1. The summed E-state index contributed by atoms with van der Waals surface area (Å²) in [5.41, 5.74) is 6.73. The number of primary amides is 1. The fourth-order valence-corrected chi connectivity index (χ4v) is 1.82. The quantitative estimate of drug-likeness (QED) is 0.421. The summed E-state index contributed by atoms with van der Waals surface area (Å²) >= 11 is 0. The van der Waals surface area contributed by atoms with Crippen LogP contribution >= 0.6 is 0 Å². The summed E-state index contributed by atoms with van der Waals surface area (Å²) in [6, 6.07) is 7.49. The first-order valence-corrected chi connectivity index (χ1v) is 8.70. The Balaban J connectivity index is 0. The molecule has 0 spiro atoms. The van der Waals surface area contributed by atoms with Crippen molar-refractivity contribution in [3.05, 3.63) is 42.0 Å². The number of aliphatic hydroxyl groups excluding tert-OH is 1. The van der Waals surface area contributed by atoms with E-state index in [0.29, 0.717) is 5.69 Å². The summed E-state index contributed by atoms with van der Waals surface area (Å²) in [7, 11) is 2.35. The van der Waals surface area contributed by atoms with Crippen molar-refractivity contribution in [1.29, 1.82) is 0 Å². The second-order valence-corrected chi connectivity index (χ2v) is 5.34. The van der Waals surface area contributed by atoms with Crippen LogP contribution in [0.1, 0.15) is 45.1 Å². The molecule has 2 amide bonds. The molecule has 0 unspecified atom stereocenters. The van der Waals surface area contributed by atoms with Gasteiger partial charge in [0.15, 0.2) is 0 Å². The molecule has 27 heavy (non-hydrogen) atoms. The van der Waals surface area contributed by atoms with Crippen molar-refractivity contribution in [2.75, 3.05) is 19.5 Å². The fourth-order valence-electron chi connectivity index (χ4n) is 1.82. The molecule has 0 radical (unpaired) electrons. The lowest BCUT2D eigenvalue weighted by atomic mass is 10.1. The number of esters is 1. The molecule has 7 heteroatoms. The zero-order chi connectivity index (χ0) is 21.1. The molecule has 0 bridgehead atoms. The van der Waals surface area contributed by atoms with E-state index in [9.17, 15) is 14.4 Å². The van der Waals surface area contributed by atoms with Gasteiger partial charge in [0.2, 0.25) is 11.8 Å². The summed E-state index contributed by atoms with van der Waals surface area (Å²) in [4.78, 5) is 31.3. The molecule has 0 aromatic heterocycles. The molecule has 1 aliphatic carbocycles. The summed E-state index contributed by atoms with van der Waals surface area (Å²) < 4.78 is 4.11. The van der Waals surface area contributed by atoms with E-state index < -0.39 is 5.91 Å². The van der Waals surface area contributed by atoms with Crippen molar-refractivity contribution in [3.8, 4) is 0 Å². The number of nitrogens with one attached hydrogen (secondary N) is 1. The Labute approximate surface area is 161 Å². The van der Waals surface area contributed by atoms with E-state index in [1.807, 2.05) is 25.1 Å². The number of nitrogens with two attached hydrogens (primary N) is 1. The number of allylic oxidation sites excluding steroid dienone is 2. The lowest BCUT2D eigenvalue weighted by Crippen LogP contribution is -2.21. The number of methoxy groups -OCH3 is 1. The first-order chi connectivity index (χ1) is 12.9. The first kappa shape index (κ1) is 26.6. The van der Waals surface area contributed by atoms with Crippen LogP contribution in [0.25, 0.3) is 0 Å². The maximum atomic E-state index is 11.2. The highest BCUT2D eigenvalue weighted by Gasteiger charge is 2.05. The van der Waals surface area contributed by atoms with E-state index in [4.69, 9.17) is 10.8 Å². The van der Waals surface area contributed by atoms with Crippen LogP contribution in [-0.2, 0) is 25.5 Å². The van der Waals surface area contributed by atoms with Gasteiger partial charge in [0.25, 0.3) is 0 Å². The second-order valence-electron chi connectivity index (χ2n) is 5.34. The van der Waals surface area contributed by atoms with Gasteiger partial charge in [0.1, 0.15) is 6.42 Å². The van der Waals surface area contributed by atoms with Gasteiger partial charge in [0, 0.05) is 19.7 Å². The molecule has 2 rings (SSSR count). The minimum absolute atomic E-state index is 0.245. The first-order valence-electron chi connectivity index (χ1n) is 8.70. The number of carbonyl (C=O) groups is 3. The Kier molecular flexibility index (Phi) is 17.8. The van der Waals surface area contributed by atoms with Gasteiger partial charge in [0.05, 0.1) is 7.11 Å². The molecule has 0 heterocycles. The third kappa shape index (κ3) is 17.9. The maximum absolute atomic E-state index is 11.2. The lowest BCUT2D eigenvalue weighted by Gasteiger charge is -2.05. The molecule has 152 valence electrons. The van der Waals surface area contributed by atoms with Crippen molar-refractivity contribution in [3.63, 3.8) is 0 Å². The van der Waals surface area contributed by atoms with Gasteiger partial charge in [-0.05, 0) is 43.4 Å². The zero-order valence-corrected chi connectivity index (χ0v) is 16.7. The Hall–Kier alpha value is -2.67. The molecule has 0 atom stereocenters. The molecule has 4 N–H and O–H groups in total. The topological polar surface area (TPSA) is 119 Å². The van der Waals surface area contributed by atoms with Crippen molar-refractivity contribution < 1.29 is 24.2 Å². The van der Waals surface area contributed by atoms with Gasteiger partial charge >= 0.3 is 5.97 Å². The molecule has 0 aliphatic heterocycles. The minimum Gasteiger partial charge on any atom is -0.469 e. The highest BCUT2D eigenvalue weighted by atomic mass is 16.5. The van der Waals surface area contributed by atoms with Crippen molar-refractivity contribution in [2.24, 2.45) is 5.73 Å². The average molecular weight is 380 g/mol. The van der Waals surface area contributed by atoms with Crippen LogP contribution in [0.3, 0.4) is 0 Å². The molecular formula is C20H32N2O5. The Morgan fingerprint density at radius 1 is 1.19 bits per heavy atom. The predicted octanol–water partition coefficient (Wildman–Crippen LogP) is 2.58. The van der Waals surface area contributed by atoms with Gasteiger partial charge in [-0.25, -0.2) is 0 Å². The van der Waals surface area contributed by atoms with Crippen LogP contribution in [0.5, 0.6) is 0 Å². The fraction of sp³-hybridized carbons (Fsp3) is 0.450. The molecule has 0 saturated carbocycles. The number of amides is 2. The monoisotopic (exact) mass is 380 g/mol. The Bertz CT molecular complexity index is 579. The van der Waals surface area contributed by atoms with Gasteiger partial charge in [-0.1, -0.05) is 31.2 Å². The number of carbonyl (C=O) groups excluding carboxylic acids is 3. The van der Waals surface area contributed by atoms with Crippen molar-refractivity contribution >= 4 is 23.5 Å². The predicted molar refractivity (Wildman–Crippen MR) is 107 cm³/mol. The maximum Gasteiger partial charge on any atom is 0.302 e. The molecule has 0 saturated heterocycles. The number of aliphatic hydroxyl groups is 1. The smallest absolute Gasteiger partial charge is 0.302 e. The summed E-state index contributed by atoms with van der Waals surface area (Å²) in [6.07, 6.45) is 9.12. The SMILES string of the molecule is C1=CCCC1.CCc1cccc(NC(=O)CC(N)=O)c1.CO.COC(C)=O. The third-order valence-corrected chi connectivity index (χ3v) is 3.15. The molecule has 0 fully saturated rings.